The van der Waals surface area contributed by atoms with Crippen LogP contribution in [-0.4, -0.2) is 20.0 Å². The molecule has 0 aromatic carbocycles. The van der Waals surface area contributed by atoms with Crippen LogP contribution in [0.5, 0.6) is 5.88 Å². The minimum absolute atomic E-state index is 0.171. The summed E-state index contributed by atoms with van der Waals surface area (Å²) >= 11 is 0. The van der Waals surface area contributed by atoms with Crippen LogP contribution in [-0.2, 0) is 0 Å². The average molecular weight is 169 g/mol. The highest BCUT2D eigenvalue weighted by Crippen LogP contribution is 2.25. The lowest BCUT2D eigenvalue weighted by atomic mass is 10.3. The quantitative estimate of drug-likeness (QED) is 0.493. The maximum atomic E-state index is 10.3. The molecule has 0 aliphatic carbocycles. The molecule has 0 radical (unpaired) electrons. The number of nitro groups is 1. The highest BCUT2D eigenvalue weighted by atomic mass is 16.6. The Morgan fingerprint density at radius 2 is 2.00 bits per heavy atom. The van der Waals surface area contributed by atoms with Gasteiger partial charge in [0.25, 0.3) is 5.88 Å². The molecule has 0 amide bonds. The third-order valence-electron chi connectivity index (χ3n) is 1.33. The van der Waals surface area contributed by atoms with Gasteiger partial charge in [-0.1, -0.05) is 0 Å². The highest BCUT2D eigenvalue weighted by molar-refractivity contribution is 5.43. The number of hydrogen-bond acceptors (Lipinski definition) is 5. The van der Waals surface area contributed by atoms with Gasteiger partial charge in [-0.15, -0.1) is 0 Å². The number of aryl methyl sites for hydroxylation is 2. The first-order valence-corrected chi connectivity index (χ1v) is 3.21. The largest absolute Gasteiger partial charge is 0.488 e. The molecule has 64 valence electrons. The van der Waals surface area contributed by atoms with E-state index in [2.05, 4.69) is 9.97 Å². The molecule has 0 bridgehead atoms. The molecule has 6 nitrogen and oxygen atoms in total. The van der Waals surface area contributed by atoms with E-state index in [1.54, 1.807) is 6.92 Å². The number of rotatable bonds is 1. The summed E-state index contributed by atoms with van der Waals surface area (Å²) in [4.78, 5) is 16.8. The number of hydrogen-bond donors (Lipinski definition) is 1. The summed E-state index contributed by atoms with van der Waals surface area (Å²) in [5.74, 6) is -0.263. The van der Waals surface area contributed by atoms with Crippen LogP contribution in [0, 0.1) is 24.0 Å². The van der Waals surface area contributed by atoms with Crippen molar-refractivity contribution >= 4 is 5.69 Å². The van der Waals surface area contributed by atoms with Crippen LogP contribution in [0.3, 0.4) is 0 Å². The van der Waals surface area contributed by atoms with E-state index < -0.39 is 16.5 Å². The summed E-state index contributed by atoms with van der Waals surface area (Å²) in [6.45, 7) is 3.00. The zero-order chi connectivity index (χ0) is 9.30. The fourth-order valence-electron chi connectivity index (χ4n) is 0.902. The first-order chi connectivity index (χ1) is 5.52. The molecule has 0 saturated heterocycles. The van der Waals surface area contributed by atoms with Gasteiger partial charge in [0.05, 0.1) is 4.92 Å². The Bertz CT molecular complexity index is 314. The summed E-state index contributed by atoms with van der Waals surface area (Å²) in [5, 5.41) is 19.4. The minimum Gasteiger partial charge on any atom is -0.488 e. The Balaban J connectivity index is 3.38. The second kappa shape index (κ2) is 2.72. The van der Waals surface area contributed by atoms with Gasteiger partial charge < -0.3 is 5.11 Å². The van der Waals surface area contributed by atoms with Gasteiger partial charge >= 0.3 is 5.69 Å². The van der Waals surface area contributed by atoms with Crippen molar-refractivity contribution in [2.45, 2.75) is 13.8 Å². The molecule has 0 saturated carbocycles. The molecule has 0 fully saturated rings. The number of aromatic nitrogens is 2. The standard InChI is InChI=1S/C6H7N3O3/c1-3-5(9(11)12)6(10)8-4(2)7-3/h1-2H3,(H,7,8,10). The van der Waals surface area contributed by atoms with Crippen molar-refractivity contribution in [2.75, 3.05) is 0 Å². The molecule has 1 N–H and O–H groups in total. The predicted molar refractivity (Wildman–Crippen MR) is 39.8 cm³/mol. The second-order valence-electron chi connectivity index (χ2n) is 2.29. The van der Waals surface area contributed by atoms with E-state index in [0.717, 1.165) is 0 Å². The Morgan fingerprint density at radius 3 is 2.42 bits per heavy atom. The van der Waals surface area contributed by atoms with Crippen LogP contribution in [0.4, 0.5) is 5.69 Å². The van der Waals surface area contributed by atoms with Gasteiger partial charge in [-0.25, -0.2) is 4.98 Å². The maximum absolute atomic E-state index is 10.3. The lowest BCUT2D eigenvalue weighted by Gasteiger charge is -1.98. The molecule has 1 aromatic heterocycles. The first-order valence-electron chi connectivity index (χ1n) is 3.21. The fourth-order valence-corrected chi connectivity index (χ4v) is 0.902. The molecule has 6 heteroatoms. The molecular formula is C6H7N3O3. The highest BCUT2D eigenvalue weighted by Gasteiger charge is 2.19. The van der Waals surface area contributed by atoms with Crippen molar-refractivity contribution in [3.05, 3.63) is 21.6 Å². The van der Waals surface area contributed by atoms with E-state index in [-0.39, 0.29) is 5.69 Å². The van der Waals surface area contributed by atoms with Crippen molar-refractivity contribution in [1.29, 1.82) is 0 Å². The van der Waals surface area contributed by atoms with Crippen molar-refractivity contribution < 1.29 is 10.0 Å². The average Bonchev–Trinajstić information content (AvgIpc) is 1.82. The first kappa shape index (κ1) is 8.38. The summed E-state index contributed by atoms with van der Waals surface area (Å²) in [7, 11) is 0. The molecule has 1 aromatic rings. The van der Waals surface area contributed by atoms with Crippen LogP contribution < -0.4 is 0 Å². The minimum atomic E-state index is -0.704. The molecule has 0 unspecified atom stereocenters. The van der Waals surface area contributed by atoms with E-state index in [1.807, 2.05) is 0 Å². The number of nitrogens with zero attached hydrogens (tertiary/aromatic N) is 3. The van der Waals surface area contributed by atoms with E-state index in [1.165, 1.54) is 6.92 Å². The zero-order valence-electron chi connectivity index (χ0n) is 6.61. The Kier molecular flexibility index (Phi) is 1.90. The molecule has 0 spiro atoms. The normalized spacial score (nSPS) is 9.83. The zero-order valence-corrected chi connectivity index (χ0v) is 6.61. The predicted octanol–water partition coefficient (Wildman–Crippen LogP) is 0.707. The SMILES string of the molecule is Cc1nc(C)c([N+](=O)[O-])c(O)n1. The lowest BCUT2D eigenvalue weighted by Crippen LogP contribution is -1.99. The van der Waals surface area contributed by atoms with E-state index in [4.69, 9.17) is 5.11 Å². The summed E-state index contributed by atoms with van der Waals surface area (Å²) in [6, 6.07) is 0. The van der Waals surface area contributed by atoms with E-state index in [9.17, 15) is 10.1 Å². The van der Waals surface area contributed by atoms with Crippen molar-refractivity contribution in [3.63, 3.8) is 0 Å². The molecule has 1 rings (SSSR count). The summed E-state index contributed by atoms with van der Waals surface area (Å²) < 4.78 is 0. The van der Waals surface area contributed by atoms with Crippen LogP contribution in [0.25, 0.3) is 0 Å². The van der Waals surface area contributed by atoms with Gasteiger partial charge in [-0.05, 0) is 13.8 Å². The van der Waals surface area contributed by atoms with Gasteiger partial charge in [-0.2, -0.15) is 4.98 Å². The Morgan fingerprint density at radius 1 is 1.42 bits per heavy atom. The molecule has 1 heterocycles. The fraction of sp³-hybridized carbons (Fsp3) is 0.333. The molecular weight excluding hydrogens is 162 g/mol. The lowest BCUT2D eigenvalue weighted by molar-refractivity contribution is -0.387. The molecule has 0 aliphatic rings. The maximum Gasteiger partial charge on any atom is 0.351 e. The van der Waals surface area contributed by atoms with Gasteiger partial charge in [0, 0.05) is 0 Å². The van der Waals surface area contributed by atoms with E-state index in [0.29, 0.717) is 5.82 Å². The van der Waals surface area contributed by atoms with Gasteiger partial charge in [-0.3, -0.25) is 10.1 Å². The van der Waals surface area contributed by atoms with Crippen LogP contribution in [0.15, 0.2) is 0 Å². The number of aromatic hydroxyl groups is 1. The Hall–Kier alpha value is -1.72. The van der Waals surface area contributed by atoms with Crippen molar-refractivity contribution in [3.8, 4) is 5.88 Å². The topological polar surface area (TPSA) is 89.2 Å². The third-order valence-corrected chi connectivity index (χ3v) is 1.33. The third kappa shape index (κ3) is 1.31. The van der Waals surface area contributed by atoms with Crippen LogP contribution in [0.1, 0.15) is 11.5 Å². The van der Waals surface area contributed by atoms with Crippen LogP contribution in [0.2, 0.25) is 0 Å². The smallest absolute Gasteiger partial charge is 0.351 e. The molecule has 0 aliphatic heterocycles. The molecule has 12 heavy (non-hydrogen) atoms. The summed E-state index contributed by atoms with van der Waals surface area (Å²) in [6.07, 6.45) is 0. The Labute approximate surface area is 68.0 Å². The van der Waals surface area contributed by atoms with Crippen molar-refractivity contribution in [1.82, 2.24) is 9.97 Å². The van der Waals surface area contributed by atoms with Gasteiger partial charge in [0.2, 0.25) is 0 Å². The molecule has 0 atom stereocenters. The monoisotopic (exact) mass is 169 g/mol. The van der Waals surface area contributed by atoms with E-state index >= 15 is 0 Å². The van der Waals surface area contributed by atoms with Gasteiger partial charge in [0.1, 0.15) is 11.5 Å². The van der Waals surface area contributed by atoms with Gasteiger partial charge in [0.15, 0.2) is 0 Å². The van der Waals surface area contributed by atoms with Crippen molar-refractivity contribution in [2.24, 2.45) is 0 Å². The second-order valence-corrected chi connectivity index (χ2v) is 2.29. The van der Waals surface area contributed by atoms with Crippen LogP contribution >= 0.6 is 0 Å². The summed E-state index contributed by atoms with van der Waals surface area (Å²) in [5.41, 5.74) is -0.259.